The summed E-state index contributed by atoms with van der Waals surface area (Å²) in [5.74, 6) is 0.427. The van der Waals surface area contributed by atoms with Crippen LogP contribution in [-0.4, -0.2) is 24.7 Å². The average Bonchev–Trinajstić information content (AvgIpc) is 2.47. The number of benzene rings is 1. The number of carbonyl (C=O) groups excluding carboxylic acids is 1. The molecule has 0 amide bonds. The van der Waals surface area contributed by atoms with Crippen LogP contribution in [0.3, 0.4) is 0 Å². The molecular weight excluding hydrogens is 266 g/mol. The van der Waals surface area contributed by atoms with Crippen LogP contribution in [0.4, 0.5) is 0 Å². The molecule has 1 aromatic carbocycles. The van der Waals surface area contributed by atoms with E-state index in [-0.39, 0.29) is 5.97 Å². The first-order valence-electron chi connectivity index (χ1n) is 6.86. The third-order valence-corrected chi connectivity index (χ3v) is 3.21. The van der Waals surface area contributed by atoms with Gasteiger partial charge in [-0.1, -0.05) is 6.07 Å². The van der Waals surface area contributed by atoms with Crippen LogP contribution in [0.5, 0.6) is 5.75 Å². The van der Waals surface area contributed by atoms with Crippen molar-refractivity contribution in [3.63, 3.8) is 0 Å². The zero-order chi connectivity index (χ0) is 15.4. The van der Waals surface area contributed by atoms with E-state index in [4.69, 9.17) is 9.47 Å². The molecule has 0 spiro atoms. The normalized spacial score (nSPS) is 10.3. The maximum atomic E-state index is 11.8. The molecule has 0 unspecified atom stereocenters. The molecule has 0 fully saturated rings. The zero-order valence-electron chi connectivity index (χ0n) is 12.8. The molecule has 0 saturated carbocycles. The number of methoxy groups -OCH3 is 1. The third kappa shape index (κ3) is 3.21. The number of ether oxygens (including phenoxy) is 2. The molecule has 2 aromatic rings. The van der Waals surface area contributed by atoms with Crippen LogP contribution >= 0.6 is 0 Å². The number of hydrogen-bond acceptors (Lipinski definition) is 4. The van der Waals surface area contributed by atoms with E-state index in [2.05, 4.69) is 4.98 Å². The second kappa shape index (κ2) is 6.39. The van der Waals surface area contributed by atoms with Crippen LogP contribution < -0.4 is 4.74 Å². The molecule has 0 radical (unpaired) electrons. The minimum absolute atomic E-state index is 0.343. The molecule has 0 aliphatic carbocycles. The summed E-state index contributed by atoms with van der Waals surface area (Å²) < 4.78 is 10.4. The van der Waals surface area contributed by atoms with Gasteiger partial charge in [0.25, 0.3) is 0 Å². The molecule has 0 saturated heterocycles. The zero-order valence-corrected chi connectivity index (χ0v) is 12.8. The lowest BCUT2D eigenvalue weighted by Crippen LogP contribution is -2.08. The Bertz CT molecular complexity index is 665. The van der Waals surface area contributed by atoms with Crippen molar-refractivity contribution in [3.8, 4) is 17.0 Å². The molecule has 0 aliphatic rings. The topological polar surface area (TPSA) is 48.4 Å². The van der Waals surface area contributed by atoms with Crippen molar-refractivity contribution < 1.29 is 14.3 Å². The number of aromatic nitrogens is 1. The lowest BCUT2D eigenvalue weighted by molar-refractivity contribution is 0.0525. The molecule has 4 nitrogen and oxygen atoms in total. The average molecular weight is 285 g/mol. The highest BCUT2D eigenvalue weighted by Crippen LogP contribution is 2.30. The van der Waals surface area contributed by atoms with Gasteiger partial charge in [0.05, 0.1) is 30.7 Å². The van der Waals surface area contributed by atoms with Gasteiger partial charge in [-0.2, -0.15) is 0 Å². The van der Waals surface area contributed by atoms with Gasteiger partial charge in [0.2, 0.25) is 0 Å². The summed E-state index contributed by atoms with van der Waals surface area (Å²) in [7, 11) is 1.64. The number of hydrogen-bond donors (Lipinski definition) is 0. The summed E-state index contributed by atoms with van der Waals surface area (Å²) in [6.45, 7) is 5.95. The summed E-state index contributed by atoms with van der Waals surface area (Å²) in [4.78, 5) is 16.3. The highest BCUT2D eigenvalue weighted by Gasteiger charge is 2.14. The van der Waals surface area contributed by atoms with Gasteiger partial charge in [0, 0.05) is 5.56 Å². The van der Waals surface area contributed by atoms with Crippen LogP contribution in [0, 0.1) is 13.8 Å². The van der Waals surface area contributed by atoms with Crippen LogP contribution in [-0.2, 0) is 4.74 Å². The number of rotatable bonds is 4. The fourth-order valence-electron chi connectivity index (χ4n) is 2.15. The predicted octanol–water partition coefficient (Wildman–Crippen LogP) is 3.55. The van der Waals surface area contributed by atoms with Crippen molar-refractivity contribution in [3.05, 3.63) is 47.2 Å². The standard InChI is InChI=1S/C17H19NO3/c1-5-21-17(19)13-8-9-15(18-12(13)3)14-7-6-11(2)10-16(14)20-4/h6-10H,5H2,1-4H3. The third-order valence-electron chi connectivity index (χ3n) is 3.21. The van der Waals surface area contributed by atoms with Crippen LogP contribution in [0.15, 0.2) is 30.3 Å². The minimum atomic E-state index is -0.343. The second-order valence-corrected chi connectivity index (χ2v) is 4.75. The van der Waals surface area contributed by atoms with E-state index in [9.17, 15) is 4.79 Å². The highest BCUT2D eigenvalue weighted by atomic mass is 16.5. The Morgan fingerprint density at radius 2 is 1.95 bits per heavy atom. The van der Waals surface area contributed by atoms with Gasteiger partial charge in [-0.15, -0.1) is 0 Å². The molecule has 0 atom stereocenters. The lowest BCUT2D eigenvalue weighted by Gasteiger charge is -2.11. The first-order valence-corrected chi connectivity index (χ1v) is 6.86. The van der Waals surface area contributed by atoms with Crippen molar-refractivity contribution in [1.29, 1.82) is 0 Å². The van der Waals surface area contributed by atoms with E-state index >= 15 is 0 Å². The molecule has 1 heterocycles. The summed E-state index contributed by atoms with van der Waals surface area (Å²) in [5.41, 5.74) is 3.94. The minimum Gasteiger partial charge on any atom is -0.496 e. The Labute approximate surface area is 124 Å². The SMILES string of the molecule is CCOC(=O)c1ccc(-c2ccc(C)cc2OC)nc1C. The van der Waals surface area contributed by atoms with Gasteiger partial charge in [-0.05, 0) is 50.6 Å². The van der Waals surface area contributed by atoms with Crippen LogP contribution in [0.25, 0.3) is 11.3 Å². The van der Waals surface area contributed by atoms with E-state index in [0.29, 0.717) is 17.9 Å². The van der Waals surface area contributed by atoms with Gasteiger partial charge < -0.3 is 9.47 Å². The Balaban J connectivity index is 2.43. The van der Waals surface area contributed by atoms with Crippen LogP contribution in [0.2, 0.25) is 0 Å². The molecule has 21 heavy (non-hydrogen) atoms. The first kappa shape index (κ1) is 15.0. The maximum absolute atomic E-state index is 11.8. The molecular formula is C17H19NO3. The number of carbonyl (C=O) groups is 1. The molecule has 0 bridgehead atoms. The van der Waals surface area contributed by atoms with Crippen molar-refractivity contribution in [2.75, 3.05) is 13.7 Å². The summed E-state index contributed by atoms with van der Waals surface area (Å²) in [5, 5.41) is 0. The van der Waals surface area contributed by atoms with E-state index in [1.807, 2.05) is 31.2 Å². The number of esters is 1. The fraction of sp³-hybridized carbons (Fsp3) is 0.294. The number of pyridine rings is 1. The van der Waals surface area contributed by atoms with Crippen molar-refractivity contribution in [2.24, 2.45) is 0 Å². The second-order valence-electron chi connectivity index (χ2n) is 4.75. The molecule has 0 aliphatic heterocycles. The Morgan fingerprint density at radius 3 is 2.57 bits per heavy atom. The Hall–Kier alpha value is -2.36. The maximum Gasteiger partial charge on any atom is 0.339 e. The summed E-state index contributed by atoms with van der Waals surface area (Å²) in [6, 6.07) is 9.50. The monoisotopic (exact) mass is 285 g/mol. The number of aryl methyl sites for hydroxylation is 2. The molecule has 4 heteroatoms. The van der Waals surface area contributed by atoms with Crippen molar-refractivity contribution >= 4 is 5.97 Å². The lowest BCUT2D eigenvalue weighted by atomic mass is 10.1. The van der Waals surface area contributed by atoms with Gasteiger partial charge >= 0.3 is 5.97 Å². The summed E-state index contributed by atoms with van der Waals surface area (Å²) in [6.07, 6.45) is 0. The van der Waals surface area contributed by atoms with Gasteiger partial charge in [-0.25, -0.2) is 4.79 Å². The van der Waals surface area contributed by atoms with Gasteiger partial charge in [0.1, 0.15) is 5.75 Å². The molecule has 1 aromatic heterocycles. The van der Waals surface area contributed by atoms with E-state index in [0.717, 1.165) is 22.6 Å². The Morgan fingerprint density at radius 1 is 1.19 bits per heavy atom. The molecule has 110 valence electrons. The molecule has 2 rings (SSSR count). The van der Waals surface area contributed by atoms with Crippen molar-refractivity contribution in [2.45, 2.75) is 20.8 Å². The fourth-order valence-corrected chi connectivity index (χ4v) is 2.15. The van der Waals surface area contributed by atoms with Gasteiger partial charge in [0.15, 0.2) is 0 Å². The predicted molar refractivity (Wildman–Crippen MR) is 81.7 cm³/mol. The first-order chi connectivity index (χ1) is 10.1. The summed E-state index contributed by atoms with van der Waals surface area (Å²) >= 11 is 0. The van der Waals surface area contributed by atoms with Crippen LogP contribution in [0.1, 0.15) is 28.5 Å². The van der Waals surface area contributed by atoms with E-state index in [1.54, 1.807) is 27.0 Å². The quantitative estimate of drug-likeness (QED) is 0.806. The Kier molecular flexibility index (Phi) is 4.58. The van der Waals surface area contributed by atoms with E-state index in [1.165, 1.54) is 0 Å². The number of nitrogens with zero attached hydrogens (tertiary/aromatic N) is 1. The largest absolute Gasteiger partial charge is 0.496 e. The van der Waals surface area contributed by atoms with Gasteiger partial charge in [-0.3, -0.25) is 4.98 Å². The highest BCUT2D eigenvalue weighted by molar-refractivity contribution is 5.91. The smallest absolute Gasteiger partial charge is 0.339 e. The molecule has 0 N–H and O–H groups in total. The van der Waals surface area contributed by atoms with E-state index < -0.39 is 0 Å². The van der Waals surface area contributed by atoms with Crippen molar-refractivity contribution in [1.82, 2.24) is 4.98 Å².